The van der Waals surface area contributed by atoms with Crippen LogP contribution in [0.4, 0.5) is 0 Å². The maximum Gasteiger partial charge on any atom is 0.326 e. The number of rotatable bonds is 10. The number of carboxylic acids is 1. The highest BCUT2D eigenvalue weighted by Crippen LogP contribution is 2.67. The average Bonchev–Trinajstić information content (AvgIpc) is 3.61. The van der Waals surface area contributed by atoms with Crippen molar-refractivity contribution in [1.82, 2.24) is 10.2 Å². The van der Waals surface area contributed by atoms with Crippen molar-refractivity contribution in [3.05, 3.63) is 11.6 Å². The molecule has 0 aromatic heterocycles. The minimum Gasteiger partial charge on any atom is -0.480 e. The van der Waals surface area contributed by atoms with E-state index in [1.54, 1.807) is 19.9 Å². The smallest absolute Gasteiger partial charge is 0.326 e. The van der Waals surface area contributed by atoms with Crippen molar-refractivity contribution < 1.29 is 48.8 Å². The second-order valence-corrected chi connectivity index (χ2v) is 15.4. The number of likely N-dealkylation sites (tertiary alicyclic amines) is 1. The van der Waals surface area contributed by atoms with Crippen molar-refractivity contribution in [2.24, 2.45) is 34.5 Å². The minimum absolute atomic E-state index is 0.0109. The zero-order valence-corrected chi connectivity index (χ0v) is 28.0. The standard InChI is InChI=1S/C35H50N2O10/c1-19(2)30(31(43)37-15-5-6-24(37)32(44)45)36-27(41)9-10-28(42)47-18-26(40)35(46)14-12-23-22-8-7-20-16-21(38)11-13-33(20,3)29(22)25(39)17-34(23,35)4/h16,19,22-25,29-30,39,46H,5-15,17-18H2,1-4H3,(H,36,41)(H,44,45)/t22-,23+,24+,25-,29-,30-,33-,34-,35-/m0/s1. The van der Waals surface area contributed by atoms with E-state index in [1.807, 2.05) is 6.92 Å². The Bertz CT molecular complexity index is 1360. The molecule has 5 aliphatic rings. The fraction of sp³-hybridized carbons (Fsp3) is 0.771. The number of Topliss-reactive ketones (excluding diaryl/α,β-unsaturated/α-hetero) is 1. The lowest BCUT2D eigenvalue weighted by Gasteiger charge is -2.60. The zero-order valence-electron chi connectivity index (χ0n) is 28.0. The summed E-state index contributed by atoms with van der Waals surface area (Å²) in [6, 6.07) is -1.88. The Kier molecular flexibility index (Phi) is 9.78. The van der Waals surface area contributed by atoms with Crippen molar-refractivity contribution in [2.45, 2.75) is 122 Å². The van der Waals surface area contributed by atoms with Gasteiger partial charge >= 0.3 is 11.9 Å². The van der Waals surface area contributed by atoms with Gasteiger partial charge in [0.1, 0.15) is 17.7 Å². The number of fused-ring (bicyclic) bond motifs is 5. The maximum absolute atomic E-state index is 13.5. The van der Waals surface area contributed by atoms with Crippen LogP contribution in [0, 0.1) is 34.5 Å². The number of amides is 2. The maximum atomic E-state index is 13.5. The second kappa shape index (κ2) is 13.1. The van der Waals surface area contributed by atoms with Crippen LogP contribution in [0.1, 0.15) is 98.3 Å². The summed E-state index contributed by atoms with van der Waals surface area (Å²) in [5.41, 5.74) is -1.88. The molecule has 12 nitrogen and oxygen atoms in total. The normalized spacial score (nSPS) is 36.9. The van der Waals surface area contributed by atoms with Crippen molar-refractivity contribution in [2.75, 3.05) is 13.2 Å². The van der Waals surface area contributed by atoms with Gasteiger partial charge in [-0.05, 0) is 86.5 Å². The first-order valence-corrected chi connectivity index (χ1v) is 17.2. The van der Waals surface area contributed by atoms with Crippen LogP contribution in [0.25, 0.3) is 0 Å². The molecule has 260 valence electrons. The molecule has 12 heteroatoms. The molecule has 1 aliphatic heterocycles. The highest BCUT2D eigenvalue weighted by Gasteiger charge is 2.68. The van der Waals surface area contributed by atoms with Gasteiger partial charge in [-0.15, -0.1) is 0 Å². The van der Waals surface area contributed by atoms with Gasteiger partial charge in [-0.25, -0.2) is 4.79 Å². The van der Waals surface area contributed by atoms with E-state index in [9.17, 15) is 44.1 Å². The third-order valence-electron chi connectivity index (χ3n) is 12.5. The molecule has 0 radical (unpaired) electrons. The van der Waals surface area contributed by atoms with Crippen molar-refractivity contribution in [1.29, 1.82) is 0 Å². The number of aliphatic carboxylic acids is 1. The van der Waals surface area contributed by atoms with Gasteiger partial charge in [-0.1, -0.05) is 33.3 Å². The molecule has 0 aromatic rings. The number of carbonyl (C=O) groups excluding carboxylic acids is 5. The first-order chi connectivity index (χ1) is 22.0. The number of nitrogens with one attached hydrogen (secondary N) is 1. The number of allylic oxidation sites excluding steroid dienone is 1. The Balaban J connectivity index is 1.15. The van der Waals surface area contributed by atoms with E-state index in [1.165, 1.54) is 4.90 Å². The average molecular weight is 659 g/mol. The van der Waals surface area contributed by atoms with E-state index >= 15 is 0 Å². The van der Waals surface area contributed by atoms with Crippen LogP contribution >= 0.6 is 0 Å². The zero-order chi connectivity index (χ0) is 34.5. The molecule has 4 aliphatic carbocycles. The van der Waals surface area contributed by atoms with Crippen LogP contribution in [-0.4, -0.2) is 92.5 Å². The number of ketones is 2. The quantitative estimate of drug-likeness (QED) is 0.254. The van der Waals surface area contributed by atoms with E-state index in [0.717, 1.165) is 18.4 Å². The topological polar surface area (TPSA) is 188 Å². The molecular weight excluding hydrogens is 608 g/mol. The van der Waals surface area contributed by atoms with Crippen molar-refractivity contribution in [3.8, 4) is 0 Å². The molecule has 1 saturated heterocycles. The number of carboxylic acid groups (broad SMARTS) is 1. The molecule has 4 N–H and O–H groups in total. The lowest BCUT2D eigenvalue weighted by Crippen LogP contribution is -2.62. The Morgan fingerprint density at radius 2 is 1.79 bits per heavy atom. The number of hydrogen-bond acceptors (Lipinski definition) is 9. The molecule has 1 heterocycles. The summed E-state index contributed by atoms with van der Waals surface area (Å²) >= 11 is 0. The summed E-state index contributed by atoms with van der Waals surface area (Å²) in [5.74, 6) is -3.75. The third kappa shape index (κ3) is 6.16. The van der Waals surface area contributed by atoms with Crippen LogP contribution in [0.5, 0.6) is 0 Å². The van der Waals surface area contributed by atoms with E-state index in [4.69, 9.17) is 4.74 Å². The van der Waals surface area contributed by atoms with E-state index in [0.29, 0.717) is 38.6 Å². The van der Waals surface area contributed by atoms with Gasteiger partial charge in [-0.2, -0.15) is 0 Å². The number of aliphatic hydroxyl groups excluding tert-OH is 1. The van der Waals surface area contributed by atoms with Gasteiger partial charge in [0.15, 0.2) is 12.4 Å². The van der Waals surface area contributed by atoms with Crippen molar-refractivity contribution in [3.63, 3.8) is 0 Å². The summed E-state index contributed by atoms with van der Waals surface area (Å²) in [6.07, 6.45) is 4.97. The molecule has 9 atom stereocenters. The number of carbonyl (C=O) groups is 6. The highest BCUT2D eigenvalue weighted by atomic mass is 16.5. The van der Waals surface area contributed by atoms with Crippen LogP contribution in [0.3, 0.4) is 0 Å². The molecule has 3 saturated carbocycles. The van der Waals surface area contributed by atoms with E-state index in [2.05, 4.69) is 12.2 Å². The first-order valence-electron chi connectivity index (χ1n) is 17.2. The molecule has 2 amide bonds. The molecule has 0 aromatic carbocycles. The lowest BCUT2D eigenvalue weighted by atomic mass is 9.45. The molecule has 47 heavy (non-hydrogen) atoms. The Labute approximate surface area is 275 Å². The predicted molar refractivity (Wildman–Crippen MR) is 167 cm³/mol. The third-order valence-corrected chi connectivity index (χ3v) is 12.5. The fourth-order valence-corrected chi connectivity index (χ4v) is 9.93. The fourth-order valence-electron chi connectivity index (χ4n) is 9.93. The first kappa shape index (κ1) is 35.2. The number of nitrogens with zero attached hydrogens (tertiary/aromatic N) is 1. The van der Waals surface area contributed by atoms with Gasteiger partial charge in [0, 0.05) is 24.8 Å². The Hall–Kier alpha value is -3.12. The lowest BCUT2D eigenvalue weighted by molar-refractivity contribution is -0.184. The summed E-state index contributed by atoms with van der Waals surface area (Å²) in [4.78, 5) is 76.9. The predicted octanol–water partition coefficient (Wildman–Crippen LogP) is 2.33. The minimum atomic E-state index is -1.78. The molecule has 5 rings (SSSR count). The summed E-state index contributed by atoms with van der Waals surface area (Å²) < 4.78 is 5.24. The Morgan fingerprint density at radius 3 is 2.47 bits per heavy atom. The number of ether oxygens (including phenoxy) is 1. The van der Waals surface area contributed by atoms with Crippen LogP contribution in [0.2, 0.25) is 0 Å². The summed E-state index contributed by atoms with van der Waals surface area (Å²) in [5, 5.41) is 35.5. The number of aliphatic hydroxyl groups is 2. The second-order valence-electron chi connectivity index (χ2n) is 15.4. The van der Waals surface area contributed by atoms with Crippen LogP contribution < -0.4 is 5.32 Å². The molecule has 4 fully saturated rings. The molecular formula is C35H50N2O10. The summed E-state index contributed by atoms with van der Waals surface area (Å²) in [7, 11) is 0. The van der Waals surface area contributed by atoms with Crippen LogP contribution in [0.15, 0.2) is 11.6 Å². The SMILES string of the molecule is CC(C)[C@H](NC(=O)CCC(=O)OCC(=O)[C@@]1(O)CC[C@@H]2[C@@H]3CCC4=CC(=O)CC[C@]4(C)[C@@H]3[C@@H](O)C[C@@]21C)C(=O)N1CCC[C@@H]1C(=O)O. The van der Waals surface area contributed by atoms with Crippen molar-refractivity contribution >= 4 is 35.3 Å². The largest absolute Gasteiger partial charge is 0.480 e. The monoisotopic (exact) mass is 658 g/mol. The van der Waals surface area contributed by atoms with Gasteiger partial charge in [-0.3, -0.25) is 24.0 Å². The van der Waals surface area contributed by atoms with E-state index < -0.39 is 65.3 Å². The van der Waals surface area contributed by atoms with Crippen LogP contribution in [-0.2, 0) is 33.5 Å². The number of hydrogen-bond donors (Lipinski definition) is 4. The van der Waals surface area contributed by atoms with Gasteiger partial charge in [0.2, 0.25) is 17.6 Å². The Morgan fingerprint density at radius 1 is 1.06 bits per heavy atom. The molecule has 0 unspecified atom stereocenters. The molecule has 0 bridgehead atoms. The number of esters is 1. The van der Waals surface area contributed by atoms with Gasteiger partial charge in [0.05, 0.1) is 12.5 Å². The molecule has 0 spiro atoms. The van der Waals surface area contributed by atoms with Gasteiger partial charge in [0.25, 0.3) is 0 Å². The highest BCUT2D eigenvalue weighted by molar-refractivity contribution is 5.93. The van der Waals surface area contributed by atoms with E-state index in [-0.39, 0.29) is 60.6 Å². The van der Waals surface area contributed by atoms with Gasteiger partial charge < -0.3 is 30.3 Å². The summed E-state index contributed by atoms with van der Waals surface area (Å²) in [6.45, 7) is 7.11.